The fourth-order valence-corrected chi connectivity index (χ4v) is 2.00. The number of ether oxygens (including phenoxy) is 2. The van der Waals surface area contributed by atoms with Crippen LogP contribution in [-0.4, -0.2) is 47.1 Å². The third-order valence-corrected chi connectivity index (χ3v) is 3.12. The first-order chi connectivity index (χ1) is 13.0. The molecule has 0 aliphatic carbocycles. The van der Waals surface area contributed by atoms with Crippen LogP contribution in [0.25, 0.3) is 0 Å². The van der Waals surface area contributed by atoms with E-state index in [1.165, 1.54) is 6.21 Å². The van der Waals surface area contributed by atoms with E-state index in [1.54, 1.807) is 18.2 Å². The fraction of sp³-hybridized carbons (Fsp3) is 0.312. The molecule has 0 aliphatic rings. The zero-order chi connectivity index (χ0) is 19.6. The molecule has 11 heteroatoms. The summed E-state index contributed by atoms with van der Waals surface area (Å²) in [7, 11) is 0. The molecule has 2 aromatic rings. The molecular formula is C16H20N6O5. The average molecular weight is 376 g/mol. The van der Waals surface area contributed by atoms with Crippen molar-refractivity contribution in [2.75, 3.05) is 25.1 Å². The maximum Gasteiger partial charge on any atom is 0.342 e. The summed E-state index contributed by atoms with van der Waals surface area (Å²) >= 11 is 0. The maximum atomic E-state index is 11.8. The van der Waals surface area contributed by atoms with Gasteiger partial charge in [0.1, 0.15) is 11.5 Å². The van der Waals surface area contributed by atoms with Crippen LogP contribution in [0.5, 0.6) is 11.5 Å². The summed E-state index contributed by atoms with van der Waals surface area (Å²) in [5.41, 5.74) is 1.50. The predicted octanol–water partition coefficient (Wildman–Crippen LogP) is -0.182. The van der Waals surface area contributed by atoms with Crippen molar-refractivity contribution in [3.63, 3.8) is 0 Å². The van der Waals surface area contributed by atoms with Gasteiger partial charge in [-0.05, 0) is 26.0 Å². The van der Waals surface area contributed by atoms with Crippen LogP contribution in [0, 0.1) is 0 Å². The number of carbonyl (C=O) groups excluding carboxylic acids is 1. The molecule has 4 N–H and O–H groups in total. The minimum atomic E-state index is -0.736. The molecule has 0 atom stereocenters. The van der Waals surface area contributed by atoms with E-state index >= 15 is 0 Å². The minimum Gasteiger partial charge on any atom is -0.494 e. The number of nitrogens with zero attached hydrogens (tertiary/aromatic N) is 2. The molecule has 11 nitrogen and oxygen atoms in total. The maximum absolute atomic E-state index is 11.8. The highest BCUT2D eigenvalue weighted by molar-refractivity contribution is 5.86. The SMILES string of the molecule is CCOc1ccc(/C=N/NC(=O)CNc2n[nH]c(=O)[nH]c2=O)c(OCC)c1. The van der Waals surface area contributed by atoms with Gasteiger partial charge in [-0.2, -0.15) is 5.10 Å². The van der Waals surface area contributed by atoms with Gasteiger partial charge >= 0.3 is 5.69 Å². The Morgan fingerprint density at radius 3 is 2.74 bits per heavy atom. The molecule has 0 saturated carbocycles. The van der Waals surface area contributed by atoms with Crippen molar-refractivity contribution in [1.82, 2.24) is 20.6 Å². The number of carbonyl (C=O) groups is 1. The van der Waals surface area contributed by atoms with Crippen LogP contribution in [-0.2, 0) is 4.79 Å². The van der Waals surface area contributed by atoms with Gasteiger partial charge in [0.25, 0.3) is 11.5 Å². The highest BCUT2D eigenvalue weighted by Gasteiger charge is 2.06. The molecule has 1 amide bonds. The van der Waals surface area contributed by atoms with E-state index < -0.39 is 17.2 Å². The van der Waals surface area contributed by atoms with E-state index in [-0.39, 0.29) is 12.4 Å². The number of hydrazone groups is 1. The molecule has 0 fully saturated rings. The first kappa shape index (κ1) is 19.7. The van der Waals surface area contributed by atoms with Crippen molar-refractivity contribution in [1.29, 1.82) is 0 Å². The molecule has 2 rings (SSSR count). The molecular weight excluding hydrogens is 356 g/mol. The molecule has 1 heterocycles. The van der Waals surface area contributed by atoms with E-state index in [1.807, 2.05) is 18.8 Å². The molecule has 144 valence electrons. The second-order valence-corrected chi connectivity index (χ2v) is 5.07. The number of hydrogen-bond donors (Lipinski definition) is 4. The van der Waals surface area contributed by atoms with Gasteiger partial charge in [-0.3, -0.25) is 14.6 Å². The van der Waals surface area contributed by atoms with E-state index in [9.17, 15) is 14.4 Å². The van der Waals surface area contributed by atoms with Crippen molar-refractivity contribution >= 4 is 17.9 Å². The number of H-pyrrole nitrogens is 2. The number of benzene rings is 1. The van der Waals surface area contributed by atoms with Gasteiger partial charge < -0.3 is 14.8 Å². The summed E-state index contributed by atoms with van der Waals surface area (Å²) in [6.07, 6.45) is 1.43. The van der Waals surface area contributed by atoms with Crippen molar-refractivity contribution < 1.29 is 14.3 Å². The largest absolute Gasteiger partial charge is 0.494 e. The van der Waals surface area contributed by atoms with E-state index in [0.29, 0.717) is 30.3 Å². The van der Waals surface area contributed by atoms with Crippen LogP contribution in [0.15, 0.2) is 32.9 Å². The van der Waals surface area contributed by atoms with Gasteiger partial charge in [0.15, 0.2) is 0 Å². The Hall–Kier alpha value is -3.63. The summed E-state index contributed by atoms with van der Waals surface area (Å²) in [5, 5.41) is 11.9. The molecule has 0 spiro atoms. The number of aromatic nitrogens is 3. The second kappa shape index (κ2) is 9.75. The van der Waals surface area contributed by atoms with Gasteiger partial charge in [-0.15, -0.1) is 5.10 Å². The molecule has 0 saturated heterocycles. The van der Waals surface area contributed by atoms with Crippen LogP contribution < -0.4 is 31.5 Å². The highest BCUT2D eigenvalue weighted by Crippen LogP contribution is 2.23. The van der Waals surface area contributed by atoms with Crippen molar-refractivity contribution in [2.24, 2.45) is 5.10 Å². The fourth-order valence-electron chi connectivity index (χ4n) is 2.00. The molecule has 0 bridgehead atoms. The van der Waals surface area contributed by atoms with Crippen molar-refractivity contribution in [2.45, 2.75) is 13.8 Å². The normalized spacial score (nSPS) is 10.6. The summed E-state index contributed by atoms with van der Waals surface area (Å²) in [4.78, 5) is 36.1. The molecule has 1 aromatic carbocycles. The Morgan fingerprint density at radius 1 is 1.26 bits per heavy atom. The van der Waals surface area contributed by atoms with Gasteiger partial charge in [0.2, 0.25) is 5.82 Å². The van der Waals surface area contributed by atoms with Crippen molar-refractivity contribution in [3.8, 4) is 11.5 Å². The van der Waals surface area contributed by atoms with Gasteiger partial charge in [0.05, 0.1) is 26.0 Å². The third-order valence-electron chi connectivity index (χ3n) is 3.12. The summed E-state index contributed by atoms with van der Waals surface area (Å²) in [5.74, 6) is 0.551. The van der Waals surface area contributed by atoms with Crippen LogP contribution in [0.3, 0.4) is 0 Å². The number of rotatable bonds is 9. The Kier molecular flexibility index (Phi) is 7.11. The van der Waals surface area contributed by atoms with Crippen LogP contribution >= 0.6 is 0 Å². The lowest BCUT2D eigenvalue weighted by Crippen LogP contribution is -2.31. The Labute approximate surface area is 153 Å². The topological polar surface area (TPSA) is 151 Å². The van der Waals surface area contributed by atoms with E-state index in [4.69, 9.17) is 9.47 Å². The summed E-state index contributed by atoms with van der Waals surface area (Å²) < 4.78 is 11.0. The number of nitrogens with one attached hydrogen (secondary N) is 4. The first-order valence-electron chi connectivity index (χ1n) is 8.18. The van der Waals surface area contributed by atoms with Gasteiger partial charge in [0, 0.05) is 11.6 Å². The zero-order valence-electron chi connectivity index (χ0n) is 14.9. The van der Waals surface area contributed by atoms with Crippen LogP contribution in [0.4, 0.5) is 5.82 Å². The minimum absolute atomic E-state index is 0.182. The van der Waals surface area contributed by atoms with E-state index in [2.05, 4.69) is 26.0 Å². The van der Waals surface area contributed by atoms with Gasteiger partial charge in [-0.25, -0.2) is 15.3 Å². The number of aromatic amines is 2. The van der Waals surface area contributed by atoms with Crippen molar-refractivity contribution in [3.05, 3.63) is 44.6 Å². The third kappa shape index (κ3) is 5.99. The quantitative estimate of drug-likeness (QED) is 0.350. The number of hydrogen-bond acceptors (Lipinski definition) is 8. The molecule has 27 heavy (non-hydrogen) atoms. The van der Waals surface area contributed by atoms with Crippen LogP contribution in [0.1, 0.15) is 19.4 Å². The zero-order valence-corrected chi connectivity index (χ0v) is 14.9. The lowest BCUT2D eigenvalue weighted by atomic mass is 10.2. The highest BCUT2D eigenvalue weighted by atomic mass is 16.5. The lowest BCUT2D eigenvalue weighted by Gasteiger charge is -2.10. The molecule has 0 radical (unpaired) electrons. The Bertz CT molecular complexity index is 920. The Morgan fingerprint density at radius 2 is 2.04 bits per heavy atom. The lowest BCUT2D eigenvalue weighted by molar-refractivity contribution is -0.119. The standard InChI is InChI=1S/C16H20N6O5/c1-3-26-11-6-5-10(12(7-11)27-4-2)8-18-20-13(23)9-17-14-15(24)19-16(25)22-21-14/h5-8H,3-4,9H2,1-2H3,(H,17,21)(H,20,23)(H2,19,22,24,25)/b18-8+. The molecule has 0 unspecified atom stereocenters. The predicted molar refractivity (Wildman–Crippen MR) is 98.5 cm³/mol. The molecule has 0 aliphatic heterocycles. The second-order valence-electron chi connectivity index (χ2n) is 5.07. The summed E-state index contributed by atoms with van der Waals surface area (Å²) in [6.45, 7) is 4.48. The average Bonchev–Trinajstić information content (AvgIpc) is 2.63. The summed E-state index contributed by atoms with van der Waals surface area (Å²) in [6, 6.07) is 5.27. The van der Waals surface area contributed by atoms with E-state index in [0.717, 1.165) is 0 Å². The molecule has 1 aromatic heterocycles. The number of amides is 1. The first-order valence-corrected chi connectivity index (χ1v) is 8.18. The number of anilines is 1. The monoisotopic (exact) mass is 376 g/mol. The smallest absolute Gasteiger partial charge is 0.342 e. The van der Waals surface area contributed by atoms with Crippen LogP contribution in [0.2, 0.25) is 0 Å². The van der Waals surface area contributed by atoms with Gasteiger partial charge in [-0.1, -0.05) is 0 Å². The Balaban J connectivity index is 1.94.